The Balaban J connectivity index is 0.711. The van der Waals surface area contributed by atoms with Crippen LogP contribution in [0.15, 0.2) is 36.5 Å². The first-order valence-corrected chi connectivity index (χ1v) is 24.7. The molecule has 21 heteroatoms. The summed E-state index contributed by atoms with van der Waals surface area (Å²) >= 11 is 6.05. The number of hydrogen-bond acceptors (Lipinski definition) is 13. The van der Waals surface area contributed by atoms with Crippen molar-refractivity contribution in [2.45, 2.75) is 81.5 Å². The predicted octanol–water partition coefficient (Wildman–Crippen LogP) is 5.62. The maximum atomic E-state index is 16.7. The smallest absolute Gasteiger partial charge is 0.418 e. The second kappa shape index (κ2) is 18.2. The summed E-state index contributed by atoms with van der Waals surface area (Å²) < 4.78 is 67.9. The number of carbonyl (C=O) groups excluding carboxylic acids is 3. The lowest BCUT2D eigenvalue weighted by molar-refractivity contribution is -0.137. The van der Waals surface area contributed by atoms with E-state index in [4.69, 9.17) is 32.2 Å². The number of nitrogens with zero attached hydrogens (tertiary/aromatic N) is 9. The molecule has 8 heterocycles. The molecule has 3 unspecified atom stereocenters. The Morgan fingerprint density at radius 1 is 0.943 bits per heavy atom. The highest BCUT2D eigenvalue weighted by Gasteiger charge is 2.46. The summed E-state index contributed by atoms with van der Waals surface area (Å²) in [6, 6.07) is 8.71. The first-order valence-electron chi connectivity index (χ1n) is 24.3. The molecule has 6 aliphatic rings. The average molecular weight is 988 g/mol. The summed E-state index contributed by atoms with van der Waals surface area (Å²) in [5, 5.41) is 11.3. The van der Waals surface area contributed by atoms with Crippen molar-refractivity contribution < 1.29 is 36.7 Å². The third kappa shape index (κ3) is 9.11. The van der Waals surface area contributed by atoms with E-state index in [0.29, 0.717) is 76.1 Å². The van der Waals surface area contributed by atoms with Gasteiger partial charge in [-0.05, 0) is 87.7 Å². The number of hydrogen-bond donors (Lipinski definition) is 3. The zero-order chi connectivity index (χ0) is 48.6. The molecule has 2 bridgehead atoms. The minimum atomic E-state index is -4.91. The molecule has 370 valence electrons. The number of nitrogen functional groups attached to an aromatic ring is 1. The van der Waals surface area contributed by atoms with Crippen molar-refractivity contribution in [1.29, 1.82) is 0 Å². The Morgan fingerprint density at radius 2 is 1.69 bits per heavy atom. The first-order chi connectivity index (χ1) is 33.6. The number of imide groups is 1. The number of alkyl halides is 3. The molecule has 4 N–H and O–H groups in total. The van der Waals surface area contributed by atoms with E-state index in [1.165, 1.54) is 11.8 Å². The van der Waals surface area contributed by atoms with Crippen molar-refractivity contribution in [2.75, 3.05) is 82.7 Å². The molecule has 2 aromatic carbocycles. The summed E-state index contributed by atoms with van der Waals surface area (Å²) in [4.78, 5) is 60.1. The fourth-order valence-corrected chi connectivity index (χ4v) is 11.8. The summed E-state index contributed by atoms with van der Waals surface area (Å²) in [6.07, 6.45) is 2.78. The normalized spacial score (nSPS) is 23.4. The Labute approximate surface area is 406 Å². The van der Waals surface area contributed by atoms with Crippen LogP contribution >= 0.6 is 11.6 Å². The molecule has 3 amide bonds. The molecule has 0 radical (unpaired) electrons. The molecular formula is C49H55ClF4N12O4. The Morgan fingerprint density at radius 3 is 2.39 bits per heavy atom. The summed E-state index contributed by atoms with van der Waals surface area (Å²) in [5.41, 5.74) is 5.93. The molecule has 3 atom stereocenters. The van der Waals surface area contributed by atoms with E-state index < -0.39 is 39.8 Å². The second-order valence-corrected chi connectivity index (χ2v) is 20.7. The quantitative estimate of drug-likeness (QED) is 0.0845. The predicted molar refractivity (Wildman–Crippen MR) is 254 cm³/mol. The molecule has 6 fully saturated rings. The number of pyridine rings is 1. The zero-order valence-electron chi connectivity index (χ0n) is 38.8. The average Bonchev–Trinajstić information content (AvgIpc) is 3.90. The molecule has 0 spiro atoms. The van der Waals surface area contributed by atoms with Gasteiger partial charge in [-0.15, -0.1) is 0 Å². The number of likely N-dealkylation sites (tertiary alicyclic amines) is 1. The summed E-state index contributed by atoms with van der Waals surface area (Å²) in [6.45, 7) is 6.88. The number of nitrogens with one attached hydrogen (secondary N) is 2. The SMILES string of the molecule is Cn1nc(C2CCC(=O)NC2=O)c2ccc(C3CCN(CC(=O)N4CCN(CC5(COc6nc(N7CC8CCC(C7)N8)c7cnc(-c8cc(N)cc(Cl)c8C(F)(F)F)c(F)c7n6)CC5)CC4)CC3)cc21. The fourth-order valence-electron chi connectivity index (χ4n) is 11.4. The van der Waals surface area contributed by atoms with Gasteiger partial charge in [-0.3, -0.25) is 39.2 Å². The zero-order valence-corrected chi connectivity index (χ0v) is 39.6. The lowest BCUT2D eigenvalue weighted by Gasteiger charge is -2.38. The van der Waals surface area contributed by atoms with Crippen LogP contribution in [0.5, 0.6) is 6.01 Å². The molecule has 5 aromatic rings. The molecule has 70 heavy (non-hydrogen) atoms. The Hall–Kier alpha value is -5.70. The standard InChI is InChI=1S/C49H55ClF4N12O4/c1-62-37-18-28(2-5-32(37)42(61-62)33-6-7-38(67)58-46(33)69)27-8-12-63(13-9-27)24-39(68)65-16-14-64(15-17-65)25-48(10-11-48)26-70-47-59-44-35(45(60-47)66-22-30-3-4-31(23-66)57-30)21-56-43(41(44)51)34-19-29(55)20-36(50)40(34)49(52,53)54/h2,5,18-21,27,30-31,33,57H,3-4,6-17,22-26,55H2,1H3,(H,58,67,69). The van der Waals surface area contributed by atoms with Crippen LogP contribution in [0.4, 0.5) is 29.1 Å². The largest absolute Gasteiger partial charge is 0.463 e. The molecule has 16 nitrogen and oxygen atoms in total. The van der Waals surface area contributed by atoms with Gasteiger partial charge in [0.25, 0.3) is 0 Å². The minimum Gasteiger partial charge on any atom is -0.463 e. The second-order valence-electron chi connectivity index (χ2n) is 20.3. The lowest BCUT2D eigenvalue weighted by atomic mass is 9.88. The number of amides is 3. The van der Waals surface area contributed by atoms with E-state index in [9.17, 15) is 27.6 Å². The molecule has 5 aliphatic heterocycles. The number of rotatable bonds is 11. The monoisotopic (exact) mass is 986 g/mol. The number of piperidine rings is 2. The highest BCUT2D eigenvalue weighted by Crippen LogP contribution is 2.48. The van der Waals surface area contributed by atoms with E-state index in [1.807, 2.05) is 16.6 Å². The number of aryl methyl sites for hydroxylation is 1. The van der Waals surface area contributed by atoms with Gasteiger partial charge in [0, 0.05) is 99.6 Å². The van der Waals surface area contributed by atoms with Crippen LogP contribution in [-0.4, -0.2) is 141 Å². The van der Waals surface area contributed by atoms with Crippen LogP contribution < -0.4 is 26.0 Å². The topological polar surface area (TPSA) is 180 Å². The van der Waals surface area contributed by atoms with Gasteiger partial charge in [0.05, 0.1) is 46.3 Å². The van der Waals surface area contributed by atoms with Gasteiger partial charge in [0.2, 0.25) is 17.7 Å². The number of halogens is 5. The fraction of sp³-hybridized carbons (Fsp3) is 0.531. The van der Waals surface area contributed by atoms with Gasteiger partial charge >= 0.3 is 12.2 Å². The van der Waals surface area contributed by atoms with Crippen molar-refractivity contribution in [2.24, 2.45) is 12.5 Å². The molecule has 3 aromatic heterocycles. The maximum absolute atomic E-state index is 16.7. The number of carbonyl (C=O) groups is 3. The van der Waals surface area contributed by atoms with Crippen LogP contribution in [0.1, 0.15) is 80.0 Å². The maximum Gasteiger partial charge on any atom is 0.418 e. The van der Waals surface area contributed by atoms with Crippen LogP contribution in [0.25, 0.3) is 33.1 Å². The van der Waals surface area contributed by atoms with Gasteiger partial charge in [0.1, 0.15) is 17.0 Å². The van der Waals surface area contributed by atoms with Crippen molar-refractivity contribution in [3.05, 3.63) is 64.2 Å². The van der Waals surface area contributed by atoms with E-state index in [2.05, 4.69) is 53.5 Å². The molecule has 5 saturated heterocycles. The lowest BCUT2D eigenvalue weighted by Crippen LogP contribution is -2.53. The van der Waals surface area contributed by atoms with Gasteiger partial charge in [-0.25, -0.2) is 4.39 Å². The molecule has 1 saturated carbocycles. The molecule has 1 aliphatic carbocycles. The number of benzene rings is 2. The van der Waals surface area contributed by atoms with Gasteiger partial charge in [-0.2, -0.15) is 28.2 Å². The molecular weight excluding hydrogens is 932 g/mol. The summed E-state index contributed by atoms with van der Waals surface area (Å²) in [5.74, 6) is -1.17. The highest BCUT2D eigenvalue weighted by molar-refractivity contribution is 6.32. The van der Waals surface area contributed by atoms with Crippen molar-refractivity contribution in [3.63, 3.8) is 0 Å². The summed E-state index contributed by atoms with van der Waals surface area (Å²) in [7, 11) is 1.88. The number of fused-ring (bicyclic) bond motifs is 4. The van der Waals surface area contributed by atoms with Crippen LogP contribution in [0.3, 0.4) is 0 Å². The van der Waals surface area contributed by atoms with E-state index in [-0.39, 0.29) is 64.4 Å². The third-order valence-corrected chi connectivity index (χ3v) is 15.7. The molecule has 11 rings (SSSR count). The third-order valence-electron chi connectivity index (χ3n) is 15.5. The van der Waals surface area contributed by atoms with Crippen LogP contribution in [0, 0.1) is 11.2 Å². The van der Waals surface area contributed by atoms with Gasteiger partial charge in [0.15, 0.2) is 5.82 Å². The first kappa shape index (κ1) is 46.7. The van der Waals surface area contributed by atoms with Gasteiger partial charge in [-0.1, -0.05) is 23.7 Å². The van der Waals surface area contributed by atoms with Gasteiger partial charge < -0.3 is 25.6 Å². The van der Waals surface area contributed by atoms with Crippen LogP contribution in [0.2, 0.25) is 5.02 Å². The van der Waals surface area contributed by atoms with E-state index >= 15 is 4.39 Å². The van der Waals surface area contributed by atoms with Crippen molar-refractivity contribution in [1.82, 2.24) is 50.1 Å². The Kier molecular flexibility index (Phi) is 12.1. The Bertz CT molecular complexity index is 2890. The minimum absolute atomic E-state index is 0.0630. The number of ether oxygens (including phenoxy) is 1. The number of aromatic nitrogens is 5. The van der Waals surface area contributed by atoms with E-state index in [0.717, 1.165) is 81.2 Å². The highest BCUT2D eigenvalue weighted by atomic mass is 35.5. The van der Waals surface area contributed by atoms with Crippen LogP contribution in [-0.2, 0) is 27.6 Å². The van der Waals surface area contributed by atoms with Crippen molar-refractivity contribution >= 4 is 62.6 Å². The number of nitrogens with two attached hydrogens (primary N) is 1. The van der Waals surface area contributed by atoms with E-state index in [1.54, 1.807) is 0 Å². The number of piperazine rings is 2. The van der Waals surface area contributed by atoms with Crippen molar-refractivity contribution in [3.8, 4) is 17.3 Å². The number of anilines is 2.